The van der Waals surface area contributed by atoms with E-state index >= 15 is 0 Å². The van der Waals surface area contributed by atoms with E-state index in [0.717, 1.165) is 41.5 Å². The van der Waals surface area contributed by atoms with Gasteiger partial charge in [-0.15, -0.1) is 0 Å². The molecular formula is C25H27N3O3. The lowest BCUT2D eigenvalue weighted by Gasteiger charge is -2.31. The highest BCUT2D eigenvalue weighted by Crippen LogP contribution is 2.42. The molecule has 0 spiro atoms. The molecule has 2 aromatic carbocycles. The molecule has 3 atom stereocenters. The number of aryl methyl sites for hydroxylation is 1. The van der Waals surface area contributed by atoms with Gasteiger partial charge in [0.15, 0.2) is 0 Å². The number of carbonyl (C=O) groups excluding carboxylic acids is 2. The maximum atomic E-state index is 13.4. The second-order valence-corrected chi connectivity index (χ2v) is 8.47. The van der Waals surface area contributed by atoms with E-state index in [1.54, 1.807) is 4.90 Å². The first kappa shape index (κ1) is 19.8. The van der Waals surface area contributed by atoms with E-state index in [0.29, 0.717) is 12.1 Å². The Bertz CT molecular complexity index is 1150. The molecule has 0 saturated carbocycles. The molecule has 3 aromatic rings. The molecule has 1 N–H and O–H groups in total. The Labute approximate surface area is 181 Å². The number of fused-ring (bicyclic) bond motifs is 2. The fourth-order valence-corrected chi connectivity index (χ4v) is 4.94. The van der Waals surface area contributed by atoms with Crippen LogP contribution in [0.5, 0.6) is 0 Å². The van der Waals surface area contributed by atoms with Crippen molar-refractivity contribution in [2.24, 2.45) is 7.05 Å². The monoisotopic (exact) mass is 417 g/mol. The van der Waals surface area contributed by atoms with Crippen LogP contribution in [0.25, 0.3) is 10.9 Å². The summed E-state index contributed by atoms with van der Waals surface area (Å²) in [4.78, 5) is 28.2. The molecule has 0 aliphatic carbocycles. The first-order chi connectivity index (χ1) is 15.1. The molecule has 1 fully saturated rings. The zero-order valence-electron chi connectivity index (χ0n) is 17.9. The van der Waals surface area contributed by atoms with E-state index in [1.165, 1.54) is 0 Å². The Morgan fingerprint density at radius 2 is 1.94 bits per heavy atom. The summed E-state index contributed by atoms with van der Waals surface area (Å²) < 4.78 is 7.70. The van der Waals surface area contributed by atoms with Crippen LogP contribution in [0.3, 0.4) is 0 Å². The molecule has 0 radical (unpaired) electrons. The third-order valence-corrected chi connectivity index (χ3v) is 6.55. The Morgan fingerprint density at radius 1 is 1.16 bits per heavy atom. The van der Waals surface area contributed by atoms with Crippen LogP contribution >= 0.6 is 0 Å². The van der Waals surface area contributed by atoms with Gasteiger partial charge in [0, 0.05) is 48.4 Å². The van der Waals surface area contributed by atoms with E-state index in [-0.39, 0.29) is 24.0 Å². The maximum Gasteiger partial charge on any atom is 0.255 e. The molecule has 2 aliphatic rings. The Morgan fingerprint density at radius 3 is 2.74 bits per heavy atom. The summed E-state index contributed by atoms with van der Waals surface area (Å²) >= 11 is 0. The summed E-state index contributed by atoms with van der Waals surface area (Å²) in [7, 11) is 2.01. The number of carbonyl (C=O) groups is 2. The minimum atomic E-state index is -0.606. The van der Waals surface area contributed by atoms with E-state index in [9.17, 15) is 9.59 Å². The number of hydrogen-bond donors (Lipinski definition) is 1. The highest BCUT2D eigenvalue weighted by Gasteiger charge is 2.43. The molecule has 0 unspecified atom stereocenters. The predicted molar refractivity (Wildman–Crippen MR) is 119 cm³/mol. The van der Waals surface area contributed by atoms with Crippen molar-refractivity contribution in [3.05, 3.63) is 71.4 Å². The van der Waals surface area contributed by atoms with Crippen molar-refractivity contribution in [3.8, 4) is 0 Å². The first-order valence-electron chi connectivity index (χ1n) is 10.9. The average Bonchev–Trinajstić information content (AvgIpc) is 3.49. The number of rotatable bonds is 5. The lowest BCUT2D eigenvalue weighted by atomic mass is 9.97. The number of hydrogen-bond acceptors (Lipinski definition) is 3. The van der Waals surface area contributed by atoms with Crippen molar-refractivity contribution >= 4 is 22.7 Å². The number of nitrogens with zero attached hydrogens (tertiary/aromatic N) is 2. The molecule has 6 heteroatoms. The zero-order chi connectivity index (χ0) is 21.5. The van der Waals surface area contributed by atoms with Crippen molar-refractivity contribution in [2.75, 3.05) is 13.2 Å². The van der Waals surface area contributed by atoms with E-state index in [1.807, 2.05) is 50.4 Å². The third-order valence-electron chi connectivity index (χ3n) is 6.55. The van der Waals surface area contributed by atoms with Crippen molar-refractivity contribution in [3.63, 3.8) is 0 Å². The predicted octanol–water partition coefficient (Wildman–Crippen LogP) is 3.41. The van der Waals surface area contributed by atoms with Crippen molar-refractivity contribution < 1.29 is 14.3 Å². The molecule has 2 aliphatic heterocycles. The van der Waals surface area contributed by atoms with Crippen LogP contribution in [0.1, 0.15) is 47.3 Å². The fraction of sp³-hybridized carbons (Fsp3) is 0.360. The number of para-hydroxylation sites is 1. The Kier molecular flexibility index (Phi) is 5.02. The van der Waals surface area contributed by atoms with Gasteiger partial charge in [0.2, 0.25) is 5.91 Å². The average molecular weight is 418 g/mol. The largest absolute Gasteiger partial charge is 0.376 e. The normalized spacial score (nSPS) is 21.5. The minimum absolute atomic E-state index is 0.0662. The highest BCUT2D eigenvalue weighted by molar-refractivity contribution is 6.03. The summed E-state index contributed by atoms with van der Waals surface area (Å²) in [5.74, 6) is -0.254. The third kappa shape index (κ3) is 3.31. The van der Waals surface area contributed by atoms with Crippen LogP contribution in [0.15, 0.2) is 54.7 Å². The van der Waals surface area contributed by atoms with Gasteiger partial charge < -0.3 is 19.5 Å². The highest BCUT2D eigenvalue weighted by atomic mass is 16.5. The van der Waals surface area contributed by atoms with Gasteiger partial charge in [-0.2, -0.15) is 0 Å². The Hall–Kier alpha value is -3.12. The number of nitrogens with one attached hydrogen (secondary N) is 1. The number of amides is 2. The van der Waals surface area contributed by atoms with Gasteiger partial charge in [-0.05, 0) is 37.5 Å². The lowest BCUT2D eigenvalue weighted by molar-refractivity contribution is -0.126. The van der Waals surface area contributed by atoms with Gasteiger partial charge in [0.05, 0.1) is 12.1 Å². The van der Waals surface area contributed by atoms with E-state index in [4.69, 9.17) is 4.74 Å². The van der Waals surface area contributed by atoms with Gasteiger partial charge in [0.1, 0.15) is 6.04 Å². The second kappa shape index (κ2) is 7.85. The molecule has 3 heterocycles. The summed E-state index contributed by atoms with van der Waals surface area (Å²) in [5, 5.41) is 4.09. The molecule has 31 heavy (non-hydrogen) atoms. The maximum absolute atomic E-state index is 13.4. The van der Waals surface area contributed by atoms with Gasteiger partial charge in [0.25, 0.3) is 5.91 Å². The molecule has 1 saturated heterocycles. The number of ether oxygens (including phenoxy) is 1. The molecule has 160 valence electrons. The van der Waals surface area contributed by atoms with Gasteiger partial charge in [-0.25, -0.2) is 0 Å². The van der Waals surface area contributed by atoms with Gasteiger partial charge in [-0.1, -0.05) is 36.4 Å². The van der Waals surface area contributed by atoms with E-state index in [2.05, 4.69) is 28.2 Å². The summed E-state index contributed by atoms with van der Waals surface area (Å²) in [6.07, 6.45) is 4.13. The summed E-state index contributed by atoms with van der Waals surface area (Å²) in [5.41, 5.74) is 3.75. The Balaban J connectivity index is 1.52. The van der Waals surface area contributed by atoms with Crippen LogP contribution in [0.4, 0.5) is 0 Å². The smallest absolute Gasteiger partial charge is 0.255 e. The zero-order valence-corrected chi connectivity index (χ0v) is 17.9. The molecule has 2 amide bonds. The number of benzene rings is 2. The van der Waals surface area contributed by atoms with Crippen LogP contribution in [0, 0.1) is 0 Å². The SMILES string of the molecule is C[C@H](C(=O)NC[C@H]1CCCO1)N1C(=O)c2ccccc2[C@H]1c1cn(C)c2ccccc12. The minimum Gasteiger partial charge on any atom is -0.376 e. The molecule has 5 rings (SSSR count). The quantitative estimate of drug-likeness (QED) is 0.692. The number of aromatic nitrogens is 1. The van der Waals surface area contributed by atoms with Crippen LogP contribution in [0.2, 0.25) is 0 Å². The van der Waals surface area contributed by atoms with Crippen LogP contribution in [-0.4, -0.2) is 46.6 Å². The second-order valence-electron chi connectivity index (χ2n) is 8.47. The van der Waals surface area contributed by atoms with Crippen LogP contribution in [-0.2, 0) is 16.6 Å². The standard InChI is InChI=1S/C25H27N3O3/c1-16(24(29)26-14-17-8-7-13-31-17)28-23(19-10-3-4-11-20(19)25(28)30)21-15-27(2)22-12-6-5-9-18(21)22/h3-6,9-12,15-17,23H,7-8,13-14H2,1-2H3,(H,26,29)/t16-,17-,23+/m1/s1. The van der Waals surface area contributed by atoms with Crippen molar-refractivity contribution in [1.29, 1.82) is 0 Å². The van der Waals surface area contributed by atoms with Gasteiger partial charge in [-0.3, -0.25) is 9.59 Å². The topological polar surface area (TPSA) is 63.6 Å². The van der Waals surface area contributed by atoms with Crippen LogP contribution < -0.4 is 5.32 Å². The first-order valence-corrected chi connectivity index (χ1v) is 10.9. The fourth-order valence-electron chi connectivity index (χ4n) is 4.94. The van der Waals surface area contributed by atoms with Crippen molar-refractivity contribution in [2.45, 2.75) is 38.0 Å². The lowest BCUT2D eigenvalue weighted by Crippen LogP contribution is -2.48. The summed E-state index contributed by atoms with van der Waals surface area (Å²) in [6.45, 7) is 3.04. The molecule has 6 nitrogen and oxygen atoms in total. The van der Waals surface area contributed by atoms with Crippen molar-refractivity contribution in [1.82, 2.24) is 14.8 Å². The summed E-state index contributed by atoms with van der Waals surface area (Å²) in [6, 6.07) is 14.9. The van der Waals surface area contributed by atoms with E-state index < -0.39 is 6.04 Å². The van der Waals surface area contributed by atoms with Gasteiger partial charge >= 0.3 is 0 Å². The molecule has 1 aromatic heterocycles. The molecular weight excluding hydrogens is 390 g/mol. The molecule has 0 bridgehead atoms.